The van der Waals surface area contributed by atoms with Gasteiger partial charge in [-0.2, -0.15) is 22.3 Å². The molecule has 1 aliphatic heterocycles. The van der Waals surface area contributed by atoms with Crippen molar-refractivity contribution in [3.63, 3.8) is 0 Å². The first-order valence-electron chi connectivity index (χ1n) is 12.6. The number of imidazole rings is 1. The quantitative estimate of drug-likeness (QED) is 0.282. The molecule has 0 fully saturated rings. The number of halogens is 3. The van der Waals surface area contributed by atoms with Gasteiger partial charge >= 0.3 is 6.18 Å². The Balaban J connectivity index is 0.000000411. The van der Waals surface area contributed by atoms with Gasteiger partial charge in [-0.15, -0.1) is 0 Å². The third kappa shape index (κ3) is 5.33. The lowest BCUT2D eigenvalue weighted by Crippen LogP contribution is -2.37. The molecule has 8 heteroatoms. The molecule has 0 saturated heterocycles. The molecule has 0 saturated carbocycles. The lowest BCUT2D eigenvalue weighted by atomic mass is 10.0. The first-order chi connectivity index (χ1) is 19.3. The zero-order chi connectivity index (χ0) is 28.3. The minimum absolute atomic E-state index is 0.876. The van der Waals surface area contributed by atoms with Crippen molar-refractivity contribution in [3.05, 3.63) is 121 Å². The molecule has 5 nitrogen and oxygen atoms in total. The summed E-state index contributed by atoms with van der Waals surface area (Å²) < 4.78 is 42.0. The molecular weight excluding hydrogens is 517 g/mol. The van der Waals surface area contributed by atoms with Crippen LogP contribution in [0.3, 0.4) is 0 Å². The van der Waals surface area contributed by atoms with E-state index in [2.05, 4.69) is 106 Å². The Morgan fingerprint density at radius 1 is 0.800 bits per heavy atom. The monoisotopic (exact) mass is 542 g/mol. The van der Waals surface area contributed by atoms with E-state index >= 15 is 0 Å². The standard InChI is InChI=1S/C30H25N2O.C2HF3O2/c1-33-29-14-8-7-13-27(29)31-21-28(32-26-12-6-5-11-24(26)19-20-30(31)32)25-17-15-23(16-18-25)22-9-3-2-4-10-22;3-2(4,5)1(6)7/h2-18,21H,19-20H2,1H3;(H,6,7)/q+1;/p-1. The van der Waals surface area contributed by atoms with Crippen LogP contribution in [0.25, 0.3) is 33.8 Å². The predicted molar refractivity (Wildman–Crippen MR) is 143 cm³/mol. The number of ether oxygens (including phenoxy) is 1. The first-order valence-corrected chi connectivity index (χ1v) is 12.6. The van der Waals surface area contributed by atoms with Crippen LogP contribution >= 0.6 is 0 Å². The van der Waals surface area contributed by atoms with Gasteiger partial charge in [0.2, 0.25) is 0 Å². The van der Waals surface area contributed by atoms with Gasteiger partial charge in [0.25, 0.3) is 5.82 Å². The topological polar surface area (TPSA) is 58.2 Å². The maximum atomic E-state index is 10.5. The lowest BCUT2D eigenvalue weighted by Gasteiger charge is -2.16. The van der Waals surface area contributed by atoms with Crippen molar-refractivity contribution in [2.75, 3.05) is 7.11 Å². The fraction of sp³-hybridized carbons (Fsp3) is 0.125. The predicted octanol–water partition coefficient (Wildman–Crippen LogP) is 5.49. The maximum absolute atomic E-state index is 10.5. The Bertz CT molecular complexity index is 1640. The molecule has 4 aromatic carbocycles. The normalized spacial score (nSPS) is 12.0. The molecule has 5 aromatic rings. The Morgan fingerprint density at radius 2 is 1.38 bits per heavy atom. The highest BCUT2D eigenvalue weighted by Crippen LogP contribution is 2.33. The van der Waals surface area contributed by atoms with Crippen LogP contribution in [0.15, 0.2) is 109 Å². The molecular formula is C32H25F3N2O3. The summed E-state index contributed by atoms with van der Waals surface area (Å²) in [4.78, 5) is 8.78. The van der Waals surface area contributed by atoms with Crippen molar-refractivity contribution in [2.24, 2.45) is 0 Å². The maximum Gasteiger partial charge on any atom is 0.430 e. The summed E-state index contributed by atoms with van der Waals surface area (Å²) in [6, 6.07) is 36.4. The summed E-state index contributed by atoms with van der Waals surface area (Å²) in [5.41, 5.74) is 8.54. The molecule has 0 bridgehead atoms. The van der Waals surface area contributed by atoms with E-state index in [4.69, 9.17) is 14.6 Å². The smallest absolute Gasteiger partial charge is 0.430 e. The van der Waals surface area contributed by atoms with Crippen LogP contribution in [0.5, 0.6) is 5.75 Å². The Hall–Kier alpha value is -4.85. The average molecular weight is 543 g/mol. The summed E-state index contributed by atoms with van der Waals surface area (Å²) in [7, 11) is 1.74. The van der Waals surface area contributed by atoms with E-state index in [9.17, 15) is 13.2 Å². The summed E-state index contributed by atoms with van der Waals surface area (Å²) in [6.07, 6.45) is -0.939. The van der Waals surface area contributed by atoms with E-state index in [0.29, 0.717) is 0 Å². The fourth-order valence-corrected chi connectivity index (χ4v) is 4.89. The highest BCUT2D eigenvalue weighted by molar-refractivity contribution is 5.71. The molecule has 0 radical (unpaired) electrons. The third-order valence-electron chi connectivity index (χ3n) is 6.74. The van der Waals surface area contributed by atoms with Crippen LogP contribution in [0.1, 0.15) is 11.4 Å². The summed E-state index contributed by atoms with van der Waals surface area (Å²) in [5, 5.41) is 8.78. The van der Waals surface area contributed by atoms with E-state index < -0.39 is 12.1 Å². The number of fused-ring (bicyclic) bond motifs is 3. The van der Waals surface area contributed by atoms with Gasteiger partial charge in [-0.05, 0) is 53.4 Å². The van der Waals surface area contributed by atoms with E-state index in [0.717, 1.165) is 24.3 Å². The number of aryl methyl sites for hydroxylation is 1. The van der Waals surface area contributed by atoms with Gasteiger partial charge in [-0.3, -0.25) is 0 Å². The average Bonchev–Trinajstić information content (AvgIpc) is 3.37. The molecule has 202 valence electrons. The first kappa shape index (κ1) is 26.7. The Morgan fingerprint density at radius 3 is 2.05 bits per heavy atom. The molecule has 0 spiro atoms. The number of carboxylic acids is 1. The van der Waals surface area contributed by atoms with Crippen molar-refractivity contribution in [3.8, 4) is 39.5 Å². The van der Waals surface area contributed by atoms with Crippen molar-refractivity contribution >= 4 is 5.97 Å². The molecule has 6 rings (SSSR count). The van der Waals surface area contributed by atoms with Crippen LogP contribution in [0.4, 0.5) is 13.2 Å². The minimum atomic E-state index is -5.19. The number of benzene rings is 4. The molecule has 1 aliphatic rings. The SMILES string of the molecule is COc1ccccc1-[n+]1cc(-c2ccc(-c3ccccc3)cc2)n2c1CCc1ccccc1-2.O=C([O-])C(F)(F)F. The lowest BCUT2D eigenvalue weighted by molar-refractivity contribution is -0.604. The van der Waals surface area contributed by atoms with Gasteiger partial charge in [0.15, 0.2) is 17.1 Å². The van der Waals surface area contributed by atoms with Crippen LogP contribution in [0, 0.1) is 0 Å². The van der Waals surface area contributed by atoms with Gasteiger partial charge in [-0.25, -0.2) is 0 Å². The second kappa shape index (κ2) is 11.1. The number of methoxy groups -OCH3 is 1. The molecule has 0 N–H and O–H groups in total. The summed E-state index contributed by atoms with van der Waals surface area (Å²) in [6.45, 7) is 0. The summed E-state index contributed by atoms with van der Waals surface area (Å²) in [5.74, 6) is -0.867. The minimum Gasteiger partial charge on any atom is -0.542 e. The second-order valence-electron chi connectivity index (χ2n) is 9.17. The highest BCUT2D eigenvalue weighted by atomic mass is 19.4. The van der Waals surface area contributed by atoms with Gasteiger partial charge in [-0.1, -0.05) is 72.8 Å². The molecule has 1 aromatic heterocycles. The number of carboxylic acid groups (broad SMARTS) is 1. The number of carbonyl (C=O) groups excluding carboxylic acids is 1. The number of hydrogen-bond acceptors (Lipinski definition) is 3. The number of nitrogens with zero attached hydrogens (tertiary/aromatic N) is 2. The van der Waals surface area contributed by atoms with Crippen molar-refractivity contribution in [1.29, 1.82) is 0 Å². The van der Waals surface area contributed by atoms with E-state index in [-0.39, 0.29) is 0 Å². The highest BCUT2D eigenvalue weighted by Gasteiger charge is 2.32. The fourth-order valence-electron chi connectivity index (χ4n) is 4.89. The van der Waals surface area contributed by atoms with E-state index in [1.54, 1.807) is 7.11 Å². The second-order valence-corrected chi connectivity index (χ2v) is 9.17. The van der Waals surface area contributed by atoms with E-state index in [1.807, 2.05) is 12.1 Å². The van der Waals surface area contributed by atoms with Gasteiger partial charge in [0, 0.05) is 5.56 Å². The largest absolute Gasteiger partial charge is 0.542 e. The zero-order valence-electron chi connectivity index (χ0n) is 21.6. The summed E-state index contributed by atoms with van der Waals surface area (Å²) >= 11 is 0. The van der Waals surface area contributed by atoms with Gasteiger partial charge in [0.1, 0.15) is 17.9 Å². The van der Waals surface area contributed by atoms with E-state index in [1.165, 1.54) is 39.5 Å². The number of carbonyl (C=O) groups is 1. The number of alkyl halides is 3. The van der Waals surface area contributed by atoms with Crippen LogP contribution in [-0.4, -0.2) is 23.8 Å². The van der Waals surface area contributed by atoms with Gasteiger partial charge < -0.3 is 14.6 Å². The molecule has 40 heavy (non-hydrogen) atoms. The zero-order valence-corrected chi connectivity index (χ0v) is 21.6. The van der Waals surface area contributed by atoms with Gasteiger partial charge in [0.05, 0.1) is 13.5 Å². The molecule has 0 unspecified atom stereocenters. The number of rotatable bonds is 4. The van der Waals surface area contributed by atoms with Crippen molar-refractivity contribution in [1.82, 2.24) is 4.57 Å². The number of aliphatic carboxylic acids is 1. The number of aromatic nitrogens is 2. The Kier molecular flexibility index (Phi) is 7.42. The Labute approximate surface area is 229 Å². The van der Waals surface area contributed by atoms with Crippen LogP contribution in [0.2, 0.25) is 0 Å². The molecule has 0 atom stereocenters. The third-order valence-corrected chi connectivity index (χ3v) is 6.74. The number of hydrogen-bond donors (Lipinski definition) is 0. The molecule has 0 amide bonds. The van der Waals surface area contributed by atoms with Crippen molar-refractivity contribution < 1.29 is 32.4 Å². The molecule has 2 heterocycles. The van der Waals surface area contributed by atoms with Crippen molar-refractivity contribution in [2.45, 2.75) is 19.0 Å². The van der Waals surface area contributed by atoms with Crippen LogP contribution < -0.4 is 14.4 Å². The molecule has 0 aliphatic carbocycles. The van der Waals surface area contributed by atoms with Crippen LogP contribution in [-0.2, 0) is 17.6 Å². The number of para-hydroxylation sites is 3.